The molecule has 19 heavy (non-hydrogen) atoms. The molecule has 1 heterocycles. The van der Waals surface area contributed by atoms with E-state index in [4.69, 9.17) is 5.73 Å². The van der Waals surface area contributed by atoms with Crippen molar-refractivity contribution in [2.75, 3.05) is 5.73 Å². The zero-order chi connectivity index (χ0) is 13.6. The summed E-state index contributed by atoms with van der Waals surface area (Å²) >= 11 is 0. The molecule has 2 N–H and O–H groups in total. The minimum absolute atomic E-state index is 0.758. The molecule has 0 radical (unpaired) electrons. The maximum absolute atomic E-state index is 6.12. The van der Waals surface area contributed by atoms with Crippen molar-refractivity contribution < 1.29 is 0 Å². The first-order valence-electron chi connectivity index (χ1n) is 6.36. The summed E-state index contributed by atoms with van der Waals surface area (Å²) in [6.45, 7) is 4.09. The highest BCUT2D eigenvalue weighted by Gasteiger charge is 2.11. The molecule has 3 aromatic rings. The highest BCUT2D eigenvalue weighted by Crippen LogP contribution is 2.29. The van der Waals surface area contributed by atoms with E-state index in [9.17, 15) is 0 Å². The molecular formula is C16H17N3. The first kappa shape index (κ1) is 11.8. The summed E-state index contributed by atoms with van der Waals surface area (Å²) in [6.07, 6.45) is 0. The van der Waals surface area contributed by atoms with Gasteiger partial charge in [-0.15, -0.1) is 0 Å². The molecule has 3 heteroatoms. The van der Waals surface area contributed by atoms with Gasteiger partial charge in [0.25, 0.3) is 0 Å². The molecule has 0 bridgehead atoms. The minimum atomic E-state index is 0.758. The molecule has 3 nitrogen and oxygen atoms in total. The van der Waals surface area contributed by atoms with Crippen molar-refractivity contribution >= 4 is 16.5 Å². The number of rotatable bonds is 1. The van der Waals surface area contributed by atoms with Crippen LogP contribution >= 0.6 is 0 Å². The first-order chi connectivity index (χ1) is 9.06. The summed E-state index contributed by atoms with van der Waals surface area (Å²) in [5.74, 6) is 0. The lowest BCUT2D eigenvalue weighted by Crippen LogP contribution is -1.93. The fraction of sp³-hybridized carbons (Fsp3) is 0.188. The summed E-state index contributed by atoms with van der Waals surface area (Å²) in [5.41, 5.74) is 11.1. The highest BCUT2D eigenvalue weighted by atomic mass is 15.3. The Hall–Kier alpha value is -2.29. The van der Waals surface area contributed by atoms with Crippen LogP contribution < -0.4 is 5.73 Å². The van der Waals surface area contributed by atoms with Gasteiger partial charge in [0.2, 0.25) is 0 Å². The third-order valence-corrected chi connectivity index (χ3v) is 3.65. The number of aromatic nitrogens is 2. The quantitative estimate of drug-likeness (QED) is 0.720. The van der Waals surface area contributed by atoms with Crippen LogP contribution in [0.25, 0.3) is 22.0 Å². The molecule has 0 unspecified atom stereocenters. The van der Waals surface area contributed by atoms with Crippen LogP contribution in [0.15, 0.2) is 36.4 Å². The molecule has 0 atom stereocenters. The van der Waals surface area contributed by atoms with E-state index in [-0.39, 0.29) is 0 Å². The monoisotopic (exact) mass is 251 g/mol. The Labute approximate surface area is 112 Å². The van der Waals surface area contributed by atoms with Crippen LogP contribution in [0, 0.1) is 13.8 Å². The van der Waals surface area contributed by atoms with E-state index in [1.165, 1.54) is 16.3 Å². The van der Waals surface area contributed by atoms with Gasteiger partial charge in [-0.2, -0.15) is 5.10 Å². The Bertz CT molecular complexity index is 769. The predicted molar refractivity (Wildman–Crippen MR) is 80.0 cm³/mol. The molecule has 0 fully saturated rings. The van der Waals surface area contributed by atoms with Crippen molar-refractivity contribution in [2.24, 2.45) is 7.05 Å². The van der Waals surface area contributed by atoms with Crippen LogP contribution in [0.5, 0.6) is 0 Å². The maximum Gasteiger partial charge on any atom is 0.116 e. The zero-order valence-electron chi connectivity index (χ0n) is 11.4. The van der Waals surface area contributed by atoms with Crippen molar-refractivity contribution in [3.8, 4) is 11.3 Å². The first-order valence-corrected chi connectivity index (χ1v) is 6.36. The third kappa shape index (κ3) is 1.87. The second kappa shape index (κ2) is 4.12. The van der Waals surface area contributed by atoms with E-state index in [1.54, 1.807) is 0 Å². The van der Waals surface area contributed by atoms with Gasteiger partial charge < -0.3 is 5.73 Å². The number of hydrogen-bond donors (Lipinski definition) is 1. The molecule has 0 saturated heterocycles. The Morgan fingerprint density at radius 1 is 1.00 bits per heavy atom. The molecule has 1 aromatic heterocycles. The molecule has 3 rings (SSSR count). The topological polar surface area (TPSA) is 43.8 Å². The van der Waals surface area contributed by atoms with Gasteiger partial charge in [0, 0.05) is 12.6 Å². The number of nitrogens with two attached hydrogens (primary N) is 1. The van der Waals surface area contributed by atoms with Crippen LogP contribution in [0.2, 0.25) is 0 Å². The van der Waals surface area contributed by atoms with Gasteiger partial charge >= 0.3 is 0 Å². The molecule has 0 amide bonds. The Kier molecular flexibility index (Phi) is 2.56. The van der Waals surface area contributed by atoms with Crippen molar-refractivity contribution in [1.82, 2.24) is 9.78 Å². The SMILES string of the molecule is Cc1ccc2cc(-c3nn(C)c(C)c3N)ccc2c1. The van der Waals surface area contributed by atoms with E-state index in [0.717, 1.165) is 22.6 Å². The zero-order valence-corrected chi connectivity index (χ0v) is 11.4. The predicted octanol–water partition coefficient (Wildman–Crippen LogP) is 3.44. The van der Waals surface area contributed by atoms with Crippen molar-refractivity contribution in [2.45, 2.75) is 13.8 Å². The number of nitrogen functional groups attached to an aromatic ring is 1. The summed E-state index contributed by atoms with van der Waals surface area (Å²) in [5, 5.41) is 6.96. The molecule has 2 aromatic carbocycles. The van der Waals surface area contributed by atoms with E-state index < -0.39 is 0 Å². The van der Waals surface area contributed by atoms with E-state index >= 15 is 0 Å². The largest absolute Gasteiger partial charge is 0.395 e. The number of benzene rings is 2. The lowest BCUT2D eigenvalue weighted by atomic mass is 10.0. The van der Waals surface area contributed by atoms with Gasteiger partial charge in [0.1, 0.15) is 5.69 Å². The molecule has 0 aliphatic carbocycles. The van der Waals surface area contributed by atoms with Crippen LogP contribution in [-0.4, -0.2) is 9.78 Å². The van der Waals surface area contributed by atoms with Gasteiger partial charge in [-0.25, -0.2) is 0 Å². The van der Waals surface area contributed by atoms with Crippen molar-refractivity contribution in [3.63, 3.8) is 0 Å². The number of aryl methyl sites for hydroxylation is 2. The van der Waals surface area contributed by atoms with Gasteiger partial charge in [-0.05, 0) is 30.7 Å². The second-order valence-electron chi connectivity index (χ2n) is 5.04. The second-order valence-corrected chi connectivity index (χ2v) is 5.04. The van der Waals surface area contributed by atoms with Crippen LogP contribution in [0.1, 0.15) is 11.3 Å². The number of nitrogens with zero attached hydrogens (tertiary/aromatic N) is 2. The van der Waals surface area contributed by atoms with Gasteiger partial charge in [0.15, 0.2) is 0 Å². The Morgan fingerprint density at radius 2 is 1.68 bits per heavy atom. The summed E-state index contributed by atoms with van der Waals surface area (Å²) in [4.78, 5) is 0. The third-order valence-electron chi connectivity index (χ3n) is 3.65. The standard InChI is InChI=1S/C16H17N3/c1-10-4-5-13-9-14(7-6-12(13)8-10)16-15(17)11(2)19(3)18-16/h4-9H,17H2,1-3H3. The normalized spacial score (nSPS) is 11.1. The summed E-state index contributed by atoms with van der Waals surface area (Å²) < 4.78 is 1.82. The minimum Gasteiger partial charge on any atom is -0.395 e. The number of anilines is 1. The Morgan fingerprint density at radius 3 is 2.37 bits per heavy atom. The van der Waals surface area contributed by atoms with Crippen LogP contribution in [0.3, 0.4) is 0 Å². The average Bonchev–Trinajstić information content (AvgIpc) is 2.66. The van der Waals surface area contributed by atoms with Crippen molar-refractivity contribution in [3.05, 3.63) is 47.7 Å². The average molecular weight is 251 g/mol. The fourth-order valence-electron chi connectivity index (χ4n) is 2.35. The highest BCUT2D eigenvalue weighted by molar-refractivity contribution is 5.89. The smallest absolute Gasteiger partial charge is 0.116 e. The van der Waals surface area contributed by atoms with E-state index in [2.05, 4.69) is 48.4 Å². The maximum atomic E-state index is 6.12. The van der Waals surface area contributed by atoms with E-state index in [0.29, 0.717) is 0 Å². The lowest BCUT2D eigenvalue weighted by molar-refractivity contribution is 0.743. The molecule has 0 spiro atoms. The molecule has 0 saturated carbocycles. The van der Waals surface area contributed by atoms with Gasteiger partial charge in [-0.3, -0.25) is 4.68 Å². The molecule has 0 aliphatic heterocycles. The van der Waals surface area contributed by atoms with Crippen LogP contribution in [0.4, 0.5) is 5.69 Å². The fourth-order valence-corrected chi connectivity index (χ4v) is 2.35. The number of fused-ring (bicyclic) bond motifs is 1. The lowest BCUT2D eigenvalue weighted by Gasteiger charge is -2.03. The Balaban J connectivity index is 2.20. The number of hydrogen-bond acceptors (Lipinski definition) is 2. The molecule has 0 aliphatic rings. The van der Waals surface area contributed by atoms with E-state index in [1.807, 2.05) is 18.7 Å². The van der Waals surface area contributed by atoms with Gasteiger partial charge in [0.05, 0.1) is 11.4 Å². The summed E-state index contributed by atoms with van der Waals surface area (Å²) in [7, 11) is 1.92. The van der Waals surface area contributed by atoms with Crippen LogP contribution in [-0.2, 0) is 7.05 Å². The summed E-state index contributed by atoms with van der Waals surface area (Å²) in [6, 6.07) is 12.8. The molecule has 96 valence electrons. The molecular weight excluding hydrogens is 234 g/mol. The van der Waals surface area contributed by atoms with Gasteiger partial charge in [-0.1, -0.05) is 35.9 Å². The van der Waals surface area contributed by atoms with Crippen molar-refractivity contribution in [1.29, 1.82) is 0 Å².